The van der Waals surface area contributed by atoms with Crippen LogP contribution in [0.2, 0.25) is 0 Å². The molecule has 1 N–H and O–H groups in total. The number of methoxy groups -OCH3 is 1. The maximum atomic E-state index is 10.9. The van der Waals surface area contributed by atoms with Gasteiger partial charge < -0.3 is 9.84 Å². The predicted octanol–water partition coefficient (Wildman–Crippen LogP) is 4.06. The summed E-state index contributed by atoms with van der Waals surface area (Å²) in [5.74, 6) is 1.85. The van der Waals surface area contributed by atoms with Gasteiger partial charge in [0.1, 0.15) is 5.75 Å². The number of hydrogen-bond donors (Lipinski definition) is 1. The van der Waals surface area contributed by atoms with Crippen LogP contribution >= 0.6 is 0 Å². The summed E-state index contributed by atoms with van der Waals surface area (Å²) in [4.78, 5) is 0. The lowest BCUT2D eigenvalue weighted by Gasteiger charge is -2.32. The fourth-order valence-electron chi connectivity index (χ4n) is 2.91. The van der Waals surface area contributed by atoms with Crippen molar-refractivity contribution in [3.8, 4) is 5.75 Å². The highest BCUT2D eigenvalue weighted by Gasteiger charge is 2.29. The molecule has 19 heavy (non-hydrogen) atoms. The summed E-state index contributed by atoms with van der Waals surface area (Å²) in [7, 11) is 1.67. The van der Waals surface area contributed by atoms with E-state index in [1.54, 1.807) is 7.11 Å². The molecule has 0 radical (unpaired) electrons. The zero-order chi connectivity index (χ0) is 14.5. The smallest absolute Gasteiger partial charge is 0.119 e. The largest absolute Gasteiger partial charge is 0.497 e. The first kappa shape index (κ1) is 16.0. The minimum Gasteiger partial charge on any atom is -0.497 e. The maximum Gasteiger partial charge on any atom is 0.119 e. The van der Waals surface area contributed by atoms with Crippen molar-refractivity contribution in [2.45, 2.75) is 52.6 Å². The van der Waals surface area contributed by atoms with Crippen LogP contribution in [0.1, 0.15) is 46.1 Å². The molecule has 2 nitrogen and oxygen atoms in total. The monoisotopic (exact) mass is 264 g/mol. The summed E-state index contributed by atoms with van der Waals surface area (Å²) in [6.07, 6.45) is 2.37. The van der Waals surface area contributed by atoms with E-state index in [0.717, 1.165) is 24.2 Å². The van der Waals surface area contributed by atoms with Gasteiger partial charge in [-0.1, -0.05) is 39.8 Å². The zero-order valence-corrected chi connectivity index (χ0v) is 12.9. The maximum absolute atomic E-state index is 10.9. The van der Waals surface area contributed by atoms with Crippen molar-refractivity contribution in [3.63, 3.8) is 0 Å². The molecule has 0 saturated carbocycles. The Morgan fingerprint density at radius 1 is 1.11 bits per heavy atom. The third-order valence-corrected chi connectivity index (χ3v) is 3.24. The van der Waals surface area contributed by atoms with Gasteiger partial charge in [-0.3, -0.25) is 0 Å². The van der Waals surface area contributed by atoms with Gasteiger partial charge in [-0.15, -0.1) is 0 Å². The van der Waals surface area contributed by atoms with Crippen molar-refractivity contribution in [1.29, 1.82) is 0 Å². The van der Waals surface area contributed by atoms with Gasteiger partial charge in [-0.25, -0.2) is 0 Å². The van der Waals surface area contributed by atoms with Crippen molar-refractivity contribution in [3.05, 3.63) is 29.8 Å². The molecule has 0 unspecified atom stereocenters. The van der Waals surface area contributed by atoms with Gasteiger partial charge >= 0.3 is 0 Å². The van der Waals surface area contributed by atoms with Crippen molar-refractivity contribution >= 4 is 0 Å². The van der Waals surface area contributed by atoms with E-state index in [2.05, 4.69) is 33.8 Å². The van der Waals surface area contributed by atoms with Crippen LogP contribution in [0.15, 0.2) is 24.3 Å². The SMILES string of the molecule is COc1cccc(CC(O)(CC(C)C)CC(C)C)c1. The van der Waals surface area contributed by atoms with Crippen LogP contribution in [-0.2, 0) is 6.42 Å². The van der Waals surface area contributed by atoms with Gasteiger partial charge in [0, 0.05) is 6.42 Å². The lowest BCUT2D eigenvalue weighted by Crippen LogP contribution is -2.34. The van der Waals surface area contributed by atoms with Gasteiger partial charge in [0.05, 0.1) is 12.7 Å². The molecule has 0 heterocycles. The fraction of sp³-hybridized carbons (Fsp3) is 0.647. The van der Waals surface area contributed by atoms with E-state index in [4.69, 9.17) is 4.74 Å². The number of rotatable bonds is 7. The number of benzene rings is 1. The van der Waals surface area contributed by atoms with E-state index in [-0.39, 0.29) is 0 Å². The lowest BCUT2D eigenvalue weighted by molar-refractivity contribution is 0.000723. The quantitative estimate of drug-likeness (QED) is 0.804. The standard InChI is InChI=1S/C17H28O2/c1-13(2)10-17(18,11-14(3)4)12-15-7-6-8-16(9-15)19-5/h6-9,13-14,18H,10-12H2,1-5H3. The molecule has 0 aliphatic heterocycles. The third-order valence-electron chi connectivity index (χ3n) is 3.24. The Hall–Kier alpha value is -1.02. The average Bonchev–Trinajstić information content (AvgIpc) is 2.26. The molecule has 1 aromatic carbocycles. The molecule has 2 heteroatoms. The molecule has 0 fully saturated rings. The lowest BCUT2D eigenvalue weighted by atomic mass is 9.80. The van der Waals surface area contributed by atoms with Crippen molar-refractivity contribution in [1.82, 2.24) is 0 Å². The minimum absolute atomic E-state index is 0.495. The molecular formula is C17H28O2. The summed E-state index contributed by atoms with van der Waals surface area (Å²) in [6, 6.07) is 8.01. The average molecular weight is 264 g/mol. The Bertz CT molecular complexity index is 373. The molecule has 0 saturated heterocycles. The zero-order valence-electron chi connectivity index (χ0n) is 12.9. The van der Waals surface area contributed by atoms with Gasteiger partial charge in [-0.2, -0.15) is 0 Å². The van der Waals surface area contributed by atoms with Crippen LogP contribution in [-0.4, -0.2) is 17.8 Å². The van der Waals surface area contributed by atoms with Gasteiger partial charge in [0.25, 0.3) is 0 Å². The van der Waals surface area contributed by atoms with E-state index in [1.807, 2.05) is 18.2 Å². The number of hydrogen-bond acceptors (Lipinski definition) is 2. The van der Waals surface area contributed by atoms with Crippen molar-refractivity contribution < 1.29 is 9.84 Å². The molecule has 0 aromatic heterocycles. The molecule has 108 valence electrons. The molecule has 1 rings (SSSR count). The third kappa shape index (κ3) is 5.65. The molecule has 0 atom stereocenters. The highest BCUT2D eigenvalue weighted by molar-refractivity contribution is 5.29. The number of aliphatic hydroxyl groups is 1. The fourth-order valence-corrected chi connectivity index (χ4v) is 2.91. The highest BCUT2D eigenvalue weighted by Crippen LogP contribution is 2.29. The normalized spacial score (nSPS) is 12.2. The Balaban J connectivity index is 2.86. The predicted molar refractivity (Wildman–Crippen MR) is 80.6 cm³/mol. The van der Waals surface area contributed by atoms with E-state index < -0.39 is 5.60 Å². The summed E-state index contributed by atoms with van der Waals surface area (Å²) in [5, 5.41) is 10.9. The van der Waals surface area contributed by atoms with Crippen LogP contribution in [0.25, 0.3) is 0 Å². The first-order chi connectivity index (χ1) is 8.84. The van der Waals surface area contributed by atoms with Crippen LogP contribution in [0.3, 0.4) is 0 Å². The van der Waals surface area contributed by atoms with E-state index in [1.165, 1.54) is 0 Å². The minimum atomic E-state index is -0.616. The Morgan fingerprint density at radius 2 is 1.68 bits per heavy atom. The van der Waals surface area contributed by atoms with Crippen LogP contribution in [0, 0.1) is 11.8 Å². The summed E-state index contributed by atoms with van der Waals surface area (Å²) < 4.78 is 5.25. The molecule has 0 aliphatic carbocycles. The first-order valence-corrected chi connectivity index (χ1v) is 7.20. The summed E-state index contributed by atoms with van der Waals surface area (Å²) >= 11 is 0. The van der Waals surface area contributed by atoms with Gasteiger partial charge in [-0.05, 0) is 42.4 Å². The van der Waals surface area contributed by atoms with Crippen molar-refractivity contribution in [2.75, 3.05) is 7.11 Å². The summed E-state index contributed by atoms with van der Waals surface area (Å²) in [6.45, 7) is 8.65. The Morgan fingerprint density at radius 3 is 2.16 bits per heavy atom. The topological polar surface area (TPSA) is 29.5 Å². The van der Waals surface area contributed by atoms with E-state index in [9.17, 15) is 5.11 Å². The molecule has 0 bridgehead atoms. The second-order valence-corrected chi connectivity index (χ2v) is 6.45. The van der Waals surface area contributed by atoms with E-state index in [0.29, 0.717) is 18.3 Å². The molecule has 0 spiro atoms. The second-order valence-electron chi connectivity index (χ2n) is 6.45. The number of ether oxygens (including phenoxy) is 1. The molecule has 0 amide bonds. The van der Waals surface area contributed by atoms with E-state index >= 15 is 0 Å². The van der Waals surface area contributed by atoms with Gasteiger partial charge in [0.2, 0.25) is 0 Å². The second kappa shape index (κ2) is 6.95. The van der Waals surface area contributed by atoms with Crippen LogP contribution in [0.5, 0.6) is 5.75 Å². The highest BCUT2D eigenvalue weighted by atomic mass is 16.5. The van der Waals surface area contributed by atoms with Crippen LogP contribution < -0.4 is 4.74 Å². The molecule has 0 aliphatic rings. The summed E-state index contributed by atoms with van der Waals surface area (Å²) in [5.41, 5.74) is 0.525. The van der Waals surface area contributed by atoms with Crippen molar-refractivity contribution in [2.24, 2.45) is 11.8 Å². The van der Waals surface area contributed by atoms with Crippen LogP contribution in [0.4, 0.5) is 0 Å². The Kier molecular flexibility index (Phi) is 5.86. The molecular weight excluding hydrogens is 236 g/mol. The molecule has 1 aromatic rings. The van der Waals surface area contributed by atoms with Gasteiger partial charge in [0.15, 0.2) is 0 Å². The Labute approximate surface area is 117 Å². The first-order valence-electron chi connectivity index (χ1n) is 7.20.